The van der Waals surface area contributed by atoms with Crippen molar-refractivity contribution in [2.24, 2.45) is 5.92 Å². The minimum atomic E-state index is -0.610. The summed E-state index contributed by atoms with van der Waals surface area (Å²) < 4.78 is 7.26. The normalized spacial score (nSPS) is 13.4. The molecule has 11 heteroatoms. The summed E-state index contributed by atoms with van der Waals surface area (Å²) in [6, 6.07) is 3.36. The summed E-state index contributed by atoms with van der Waals surface area (Å²) in [5.41, 5.74) is 2.06. The van der Waals surface area contributed by atoms with Crippen LogP contribution in [0.1, 0.15) is 45.7 Å². The standard InChI is InChI=1S/C23H34B3N5O3/c1-7-9-16(30-21(33)34-22(4,5)6)15-10-11-27-17(12-15)19-18(29-20(32)14(3)8-2)13-28-31(19)23(24,25)26/h7-8,10-14,16H,1-2,9,24-26H2,3-6H3,(H,29,32)(H,30,33)/t14-,16+/m1/s1. The summed E-state index contributed by atoms with van der Waals surface area (Å²) in [5, 5.41) is 10.0. The molecule has 0 aromatic carbocycles. The van der Waals surface area contributed by atoms with Crippen LogP contribution in [0.5, 0.6) is 0 Å². The molecule has 2 rings (SSSR count). The first-order valence-corrected chi connectivity index (χ1v) is 11.4. The third kappa shape index (κ3) is 7.14. The highest BCUT2D eigenvalue weighted by atomic mass is 16.6. The number of aromatic nitrogens is 3. The van der Waals surface area contributed by atoms with Crippen molar-refractivity contribution in [2.75, 3.05) is 5.32 Å². The van der Waals surface area contributed by atoms with Crippen LogP contribution < -0.4 is 10.6 Å². The first-order valence-electron chi connectivity index (χ1n) is 11.4. The quantitative estimate of drug-likeness (QED) is 0.434. The first kappa shape index (κ1) is 27.0. The maximum atomic E-state index is 12.6. The lowest BCUT2D eigenvalue weighted by atomic mass is 9.49. The number of anilines is 1. The van der Waals surface area contributed by atoms with E-state index in [0.29, 0.717) is 23.5 Å². The van der Waals surface area contributed by atoms with E-state index in [-0.39, 0.29) is 23.1 Å². The van der Waals surface area contributed by atoms with Gasteiger partial charge in [-0.3, -0.25) is 14.5 Å². The Bertz CT molecular complexity index is 1060. The molecule has 2 aromatic rings. The van der Waals surface area contributed by atoms with Crippen molar-refractivity contribution in [1.29, 1.82) is 0 Å². The molecule has 2 atom stereocenters. The second kappa shape index (κ2) is 10.8. The van der Waals surface area contributed by atoms with E-state index in [1.54, 1.807) is 31.5 Å². The smallest absolute Gasteiger partial charge is 0.408 e. The number of alkyl carbamates (subject to hydrolysis) is 1. The topological polar surface area (TPSA) is 98.1 Å². The highest BCUT2D eigenvalue weighted by Gasteiger charge is 2.26. The van der Waals surface area contributed by atoms with E-state index in [4.69, 9.17) is 4.74 Å². The number of carbonyl (C=O) groups is 2. The highest BCUT2D eigenvalue weighted by Crippen LogP contribution is 2.31. The highest BCUT2D eigenvalue weighted by molar-refractivity contribution is 6.56. The average molecular weight is 461 g/mol. The molecule has 34 heavy (non-hydrogen) atoms. The molecule has 0 unspecified atom stereocenters. The van der Waals surface area contributed by atoms with Crippen molar-refractivity contribution in [3.8, 4) is 11.4 Å². The van der Waals surface area contributed by atoms with Gasteiger partial charge in [-0.1, -0.05) is 19.1 Å². The molecule has 0 aliphatic rings. The monoisotopic (exact) mass is 461 g/mol. The molecule has 0 aliphatic heterocycles. The molecule has 0 bridgehead atoms. The maximum Gasteiger partial charge on any atom is 0.408 e. The number of ether oxygens (including phenoxy) is 1. The molecule has 178 valence electrons. The molecule has 0 fully saturated rings. The summed E-state index contributed by atoms with van der Waals surface area (Å²) in [6.07, 6.45) is 6.62. The van der Waals surface area contributed by atoms with Crippen LogP contribution in [0.25, 0.3) is 11.4 Å². The first-order chi connectivity index (χ1) is 15.8. The van der Waals surface area contributed by atoms with Gasteiger partial charge in [0.1, 0.15) is 34.8 Å². The van der Waals surface area contributed by atoms with E-state index in [1.165, 1.54) is 0 Å². The fourth-order valence-corrected chi connectivity index (χ4v) is 3.24. The average Bonchev–Trinajstić information content (AvgIpc) is 3.15. The van der Waals surface area contributed by atoms with Crippen molar-refractivity contribution in [1.82, 2.24) is 20.1 Å². The van der Waals surface area contributed by atoms with Crippen molar-refractivity contribution < 1.29 is 14.3 Å². The third-order valence-corrected chi connectivity index (χ3v) is 4.95. The summed E-state index contributed by atoms with van der Waals surface area (Å²) >= 11 is 0. The number of hydrogen-bond donors (Lipinski definition) is 2. The second-order valence-corrected chi connectivity index (χ2v) is 10.2. The van der Waals surface area contributed by atoms with Crippen LogP contribution in [0.2, 0.25) is 0 Å². The molecule has 8 nitrogen and oxygen atoms in total. The van der Waals surface area contributed by atoms with Gasteiger partial charge >= 0.3 is 6.09 Å². The predicted molar refractivity (Wildman–Crippen MR) is 144 cm³/mol. The zero-order chi connectivity index (χ0) is 25.7. The van der Waals surface area contributed by atoms with Crippen LogP contribution in [0.3, 0.4) is 0 Å². The number of pyridine rings is 1. The SMILES string of the molecule is BC(B)(B)n1ncc(NC(=O)[C@H](C)C=C)c1-c1cc([C@H](CC=C)NC(=O)OC(C)(C)C)ccn1. The van der Waals surface area contributed by atoms with Gasteiger partial charge in [-0.15, -0.1) is 13.2 Å². The van der Waals surface area contributed by atoms with Crippen LogP contribution in [0.4, 0.5) is 10.5 Å². The third-order valence-electron chi connectivity index (χ3n) is 4.95. The number of rotatable bonds is 9. The summed E-state index contributed by atoms with van der Waals surface area (Å²) in [5.74, 6) is -0.544. The number of hydrogen-bond acceptors (Lipinski definition) is 5. The van der Waals surface area contributed by atoms with Gasteiger partial charge in [0.05, 0.1) is 29.5 Å². The lowest BCUT2D eigenvalue weighted by molar-refractivity contribution is -0.118. The summed E-state index contributed by atoms with van der Waals surface area (Å²) in [7, 11) is 6.07. The van der Waals surface area contributed by atoms with E-state index in [0.717, 1.165) is 5.56 Å². The lowest BCUT2D eigenvalue weighted by Crippen LogP contribution is -2.37. The van der Waals surface area contributed by atoms with E-state index in [2.05, 4.69) is 33.9 Å². The van der Waals surface area contributed by atoms with Crippen molar-refractivity contribution >= 4 is 41.2 Å². The van der Waals surface area contributed by atoms with Crippen molar-refractivity contribution in [3.05, 3.63) is 55.4 Å². The number of nitrogens with one attached hydrogen (secondary N) is 2. The van der Waals surface area contributed by atoms with Gasteiger partial charge < -0.3 is 15.4 Å². The summed E-state index contributed by atoms with van der Waals surface area (Å²) in [4.78, 5) is 29.6. The maximum absolute atomic E-state index is 12.6. The zero-order valence-electron chi connectivity index (χ0n) is 21.3. The van der Waals surface area contributed by atoms with Gasteiger partial charge in [0, 0.05) is 6.20 Å². The van der Waals surface area contributed by atoms with Gasteiger partial charge in [-0.25, -0.2) is 4.79 Å². The van der Waals surface area contributed by atoms with E-state index in [9.17, 15) is 9.59 Å². The Balaban J connectivity index is 2.50. The molecule has 2 heterocycles. The molecule has 2 N–H and O–H groups in total. The van der Waals surface area contributed by atoms with Gasteiger partial charge in [-0.2, -0.15) is 5.10 Å². The Morgan fingerprint density at radius 1 is 1.26 bits per heavy atom. The van der Waals surface area contributed by atoms with Crippen molar-refractivity contribution in [2.45, 2.75) is 51.0 Å². The Hall–Kier alpha value is -3.23. The predicted octanol–water partition coefficient (Wildman–Crippen LogP) is 1.31. The molecular formula is C23H34B3N5O3. The molecule has 0 radical (unpaired) electrons. The molecule has 2 amide bonds. The number of carbonyl (C=O) groups excluding carboxylic acids is 2. The van der Waals surface area contributed by atoms with E-state index < -0.39 is 11.7 Å². The van der Waals surface area contributed by atoms with Gasteiger partial charge in [0.15, 0.2) is 0 Å². The molecular weight excluding hydrogens is 427 g/mol. The second-order valence-electron chi connectivity index (χ2n) is 10.2. The fourth-order valence-electron chi connectivity index (χ4n) is 3.24. The largest absolute Gasteiger partial charge is 0.444 e. The number of nitrogens with zero attached hydrogens (tertiary/aromatic N) is 3. The van der Waals surface area contributed by atoms with Crippen LogP contribution >= 0.6 is 0 Å². The minimum absolute atomic E-state index is 0.183. The molecule has 2 aromatic heterocycles. The molecule has 0 saturated heterocycles. The van der Waals surface area contributed by atoms with Crippen LogP contribution in [0, 0.1) is 5.92 Å². The lowest BCUT2D eigenvalue weighted by Gasteiger charge is -2.25. The minimum Gasteiger partial charge on any atom is -0.444 e. The van der Waals surface area contributed by atoms with Gasteiger partial charge in [0.2, 0.25) is 5.91 Å². The zero-order valence-corrected chi connectivity index (χ0v) is 21.3. The molecule has 0 aliphatic carbocycles. The Labute approximate surface area is 204 Å². The summed E-state index contributed by atoms with van der Waals surface area (Å²) in [6.45, 7) is 14.7. The fraction of sp³-hybridized carbons (Fsp3) is 0.391. The van der Waals surface area contributed by atoms with Crippen molar-refractivity contribution in [3.63, 3.8) is 0 Å². The van der Waals surface area contributed by atoms with Crippen LogP contribution in [-0.4, -0.2) is 55.9 Å². The van der Waals surface area contributed by atoms with Crippen LogP contribution in [0.15, 0.2) is 49.8 Å². The Kier molecular flexibility index (Phi) is 8.58. The Morgan fingerprint density at radius 3 is 2.50 bits per heavy atom. The van der Waals surface area contributed by atoms with Gasteiger partial charge in [0.25, 0.3) is 0 Å². The van der Waals surface area contributed by atoms with Crippen LogP contribution in [-0.2, 0) is 14.8 Å². The molecule has 0 saturated carbocycles. The molecule has 0 spiro atoms. The van der Waals surface area contributed by atoms with Gasteiger partial charge in [-0.05, 0) is 50.1 Å². The Morgan fingerprint density at radius 2 is 1.94 bits per heavy atom. The van der Waals surface area contributed by atoms with E-state index >= 15 is 0 Å². The van der Waals surface area contributed by atoms with E-state index in [1.807, 2.05) is 61.1 Å². The number of amides is 2.